The highest BCUT2D eigenvalue weighted by molar-refractivity contribution is 6.07. The van der Waals surface area contributed by atoms with Crippen molar-refractivity contribution in [3.8, 4) is 0 Å². The number of aromatic amines is 1. The summed E-state index contributed by atoms with van der Waals surface area (Å²) in [5.41, 5.74) is 3.29. The molecular weight excluding hydrogens is 369 g/mol. The van der Waals surface area contributed by atoms with E-state index >= 15 is 0 Å². The number of nitrogens with one attached hydrogen (secondary N) is 3. The number of amides is 2. The van der Waals surface area contributed by atoms with E-state index in [4.69, 9.17) is 0 Å². The van der Waals surface area contributed by atoms with Crippen molar-refractivity contribution >= 4 is 34.1 Å². The lowest BCUT2D eigenvalue weighted by Gasteiger charge is -2.11. The molecule has 4 aromatic rings. The van der Waals surface area contributed by atoms with Crippen molar-refractivity contribution in [3.05, 3.63) is 95.4 Å². The van der Waals surface area contributed by atoms with E-state index in [0.29, 0.717) is 27.8 Å². The molecule has 0 bridgehead atoms. The normalized spacial score (nSPS) is 10.7. The first-order valence-electron chi connectivity index (χ1n) is 9.07. The largest absolute Gasteiger partial charge is 0.350 e. The third-order valence-corrected chi connectivity index (χ3v) is 4.64. The zero-order valence-corrected chi connectivity index (χ0v) is 15.6. The van der Waals surface area contributed by atoms with Crippen molar-refractivity contribution in [2.24, 2.45) is 0 Å². The van der Waals surface area contributed by atoms with Crippen molar-refractivity contribution in [1.29, 1.82) is 0 Å². The Balaban J connectivity index is 1.55. The van der Waals surface area contributed by atoms with Gasteiger partial charge in [0.05, 0.1) is 0 Å². The number of fused-ring (bicyclic) bond motifs is 1. The van der Waals surface area contributed by atoms with Crippen LogP contribution in [-0.4, -0.2) is 16.8 Å². The van der Waals surface area contributed by atoms with E-state index in [1.54, 1.807) is 54.6 Å². The van der Waals surface area contributed by atoms with E-state index in [1.165, 1.54) is 12.1 Å². The van der Waals surface area contributed by atoms with Crippen LogP contribution in [-0.2, 0) is 0 Å². The standard InChI is InChI=1S/C23H18FN3O2/c1-14-10-11-16(25-22(28)15-6-3-2-4-7-15)12-20(14)27-23(29)21-13-17-18(24)8-5-9-19(17)26-21/h2-13,26H,1H3,(H,25,28)(H,27,29). The van der Waals surface area contributed by atoms with Crippen LogP contribution in [0.5, 0.6) is 0 Å². The molecular formula is C23H18FN3O2. The monoisotopic (exact) mass is 387 g/mol. The smallest absolute Gasteiger partial charge is 0.272 e. The van der Waals surface area contributed by atoms with E-state index < -0.39 is 5.91 Å². The number of hydrogen-bond donors (Lipinski definition) is 3. The van der Waals surface area contributed by atoms with Crippen LogP contribution in [0.25, 0.3) is 10.9 Å². The van der Waals surface area contributed by atoms with E-state index in [9.17, 15) is 14.0 Å². The molecule has 0 saturated heterocycles. The lowest BCUT2D eigenvalue weighted by atomic mass is 10.1. The average molecular weight is 387 g/mol. The molecule has 1 heterocycles. The Morgan fingerprint density at radius 2 is 1.66 bits per heavy atom. The number of halogens is 1. The Morgan fingerprint density at radius 3 is 2.41 bits per heavy atom. The van der Waals surface area contributed by atoms with Gasteiger partial charge >= 0.3 is 0 Å². The van der Waals surface area contributed by atoms with Gasteiger partial charge in [-0.3, -0.25) is 9.59 Å². The number of aryl methyl sites for hydroxylation is 1. The van der Waals surface area contributed by atoms with Gasteiger partial charge in [0, 0.05) is 27.8 Å². The minimum absolute atomic E-state index is 0.238. The highest BCUT2D eigenvalue weighted by atomic mass is 19.1. The highest BCUT2D eigenvalue weighted by Gasteiger charge is 2.14. The quantitative estimate of drug-likeness (QED) is 0.455. The Morgan fingerprint density at radius 1 is 0.862 bits per heavy atom. The van der Waals surface area contributed by atoms with Crippen LogP contribution in [0.15, 0.2) is 72.8 Å². The van der Waals surface area contributed by atoms with Crippen LogP contribution in [0.3, 0.4) is 0 Å². The molecule has 3 N–H and O–H groups in total. The summed E-state index contributed by atoms with van der Waals surface area (Å²) in [4.78, 5) is 27.9. The van der Waals surface area contributed by atoms with Gasteiger partial charge in [0.15, 0.2) is 0 Å². The number of benzene rings is 3. The molecule has 3 aromatic carbocycles. The van der Waals surface area contributed by atoms with Gasteiger partial charge < -0.3 is 15.6 Å². The second kappa shape index (κ2) is 7.59. The van der Waals surface area contributed by atoms with Crippen molar-refractivity contribution in [3.63, 3.8) is 0 Å². The van der Waals surface area contributed by atoms with E-state index in [2.05, 4.69) is 15.6 Å². The zero-order valence-electron chi connectivity index (χ0n) is 15.6. The molecule has 1 aromatic heterocycles. The maximum Gasteiger partial charge on any atom is 0.272 e. The molecule has 0 fully saturated rings. The maximum atomic E-state index is 13.9. The fourth-order valence-corrected chi connectivity index (χ4v) is 3.06. The summed E-state index contributed by atoms with van der Waals surface area (Å²) < 4.78 is 13.9. The molecule has 0 atom stereocenters. The number of rotatable bonds is 4. The minimum atomic E-state index is -0.393. The fraction of sp³-hybridized carbons (Fsp3) is 0.0435. The first-order valence-corrected chi connectivity index (χ1v) is 9.07. The van der Waals surface area contributed by atoms with Crippen molar-refractivity contribution < 1.29 is 14.0 Å². The van der Waals surface area contributed by atoms with Gasteiger partial charge in [0.2, 0.25) is 0 Å². The van der Waals surface area contributed by atoms with Gasteiger partial charge in [0.1, 0.15) is 11.5 Å². The van der Waals surface area contributed by atoms with Crippen molar-refractivity contribution in [2.75, 3.05) is 10.6 Å². The number of H-pyrrole nitrogens is 1. The number of carbonyl (C=O) groups excluding carboxylic acids is 2. The molecule has 0 saturated carbocycles. The van der Waals surface area contributed by atoms with Crippen LogP contribution < -0.4 is 10.6 Å². The molecule has 0 spiro atoms. The van der Waals surface area contributed by atoms with Gasteiger partial charge in [-0.25, -0.2) is 4.39 Å². The Hall–Kier alpha value is -3.93. The number of anilines is 2. The fourth-order valence-electron chi connectivity index (χ4n) is 3.06. The van der Waals surface area contributed by atoms with Crippen LogP contribution in [0.4, 0.5) is 15.8 Å². The van der Waals surface area contributed by atoms with Crippen LogP contribution >= 0.6 is 0 Å². The minimum Gasteiger partial charge on any atom is -0.350 e. The molecule has 2 amide bonds. The van der Waals surface area contributed by atoms with Crippen molar-refractivity contribution in [2.45, 2.75) is 6.92 Å². The topological polar surface area (TPSA) is 74.0 Å². The Bertz CT molecular complexity index is 1220. The predicted molar refractivity (Wildman–Crippen MR) is 112 cm³/mol. The molecule has 144 valence electrons. The number of carbonyl (C=O) groups is 2. The van der Waals surface area contributed by atoms with E-state index in [-0.39, 0.29) is 17.4 Å². The third-order valence-electron chi connectivity index (χ3n) is 4.64. The second-order valence-corrected chi connectivity index (χ2v) is 6.69. The Kier molecular flexibility index (Phi) is 4.83. The van der Waals surface area contributed by atoms with Gasteiger partial charge in [-0.2, -0.15) is 0 Å². The molecule has 5 nitrogen and oxygen atoms in total. The average Bonchev–Trinajstić information content (AvgIpc) is 3.17. The first-order chi connectivity index (χ1) is 14.0. The summed E-state index contributed by atoms with van der Waals surface area (Å²) in [5.74, 6) is -1.02. The maximum absolute atomic E-state index is 13.9. The summed E-state index contributed by atoms with van der Waals surface area (Å²) in [6.07, 6.45) is 0. The van der Waals surface area contributed by atoms with Crippen LogP contribution in [0.2, 0.25) is 0 Å². The SMILES string of the molecule is Cc1ccc(NC(=O)c2ccccc2)cc1NC(=O)c1cc2c(F)cccc2[nH]1. The van der Waals surface area contributed by atoms with Gasteiger partial charge in [-0.1, -0.05) is 30.3 Å². The predicted octanol–water partition coefficient (Wildman–Crippen LogP) is 5.12. The first kappa shape index (κ1) is 18.4. The van der Waals surface area contributed by atoms with Gasteiger partial charge in [-0.15, -0.1) is 0 Å². The summed E-state index contributed by atoms with van der Waals surface area (Å²) >= 11 is 0. The Labute approximate surface area is 166 Å². The third kappa shape index (κ3) is 3.87. The molecule has 0 aliphatic rings. The number of aromatic nitrogens is 1. The highest BCUT2D eigenvalue weighted by Crippen LogP contribution is 2.23. The number of hydrogen-bond acceptors (Lipinski definition) is 2. The molecule has 0 aliphatic heterocycles. The molecule has 6 heteroatoms. The molecule has 0 radical (unpaired) electrons. The summed E-state index contributed by atoms with van der Waals surface area (Å²) in [7, 11) is 0. The second-order valence-electron chi connectivity index (χ2n) is 6.69. The lowest BCUT2D eigenvalue weighted by molar-refractivity contribution is 0.101. The van der Waals surface area contributed by atoms with Crippen molar-refractivity contribution in [1.82, 2.24) is 4.98 Å². The lowest BCUT2D eigenvalue weighted by Crippen LogP contribution is -2.15. The molecule has 0 unspecified atom stereocenters. The van der Waals surface area contributed by atoms with Crippen LogP contribution in [0, 0.1) is 12.7 Å². The summed E-state index contributed by atoms with van der Waals surface area (Å²) in [5, 5.41) is 6.00. The molecule has 29 heavy (non-hydrogen) atoms. The van der Waals surface area contributed by atoms with Gasteiger partial charge in [0.25, 0.3) is 11.8 Å². The van der Waals surface area contributed by atoms with E-state index in [1.807, 2.05) is 13.0 Å². The van der Waals surface area contributed by atoms with E-state index in [0.717, 1.165) is 5.56 Å². The summed E-state index contributed by atoms with van der Waals surface area (Å²) in [6.45, 7) is 1.85. The molecule has 4 rings (SSSR count). The zero-order chi connectivity index (χ0) is 20.4. The summed E-state index contributed by atoms with van der Waals surface area (Å²) in [6, 6.07) is 20.3. The van der Waals surface area contributed by atoms with Gasteiger partial charge in [-0.05, 0) is 55.0 Å². The van der Waals surface area contributed by atoms with Crippen LogP contribution in [0.1, 0.15) is 26.4 Å². The molecule has 0 aliphatic carbocycles.